The summed E-state index contributed by atoms with van der Waals surface area (Å²) in [5.74, 6) is 1.12. The van der Waals surface area contributed by atoms with Gasteiger partial charge in [-0.3, -0.25) is 10.1 Å². The van der Waals surface area contributed by atoms with Gasteiger partial charge in [0.2, 0.25) is 0 Å². The van der Waals surface area contributed by atoms with E-state index >= 15 is 0 Å². The van der Waals surface area contributed by atoms with Crippen LogP contribution in [-0.2, 0) is 0 Å². The zero-order valence-electron chi connectivity index (χ0n) is 11.2. The second-order valence-corrected chi connectivity index (χ2v) is 5.42. The third kappa shape index (κ3) is 2.46. The number of benzene rings is 1. The summed E-state index contributed by atoms with van der Waals surface area (Å²) < 4.78 is 11.0. The monoisotopic (exact) mass is 290 g/mol. The maximum Gasteiger partial charge on any atom is 0.257 e. The highest BCUT2D eigenvalue weighted by Crippen LogP contribution is 2.33. The fourth-order valence-corrected chi connectivity index (χ4v) is 2.69. The molecule has 0 atom stereocenters. The summed E-state index contributed by atoms with van der Waals surface area (Å²) in [5, 5.41) is 5.29. The molecule has 1 aromatic carbocycles. The number of anilines is 1. The first-order chi connectivity index (χ1) is 9.63. The van der Waals surface area contributed by atoms with Crippen molar-refractivity contribution in [1.82, 2.24) is 4.98 Å². The molecule has 3 rings (SSSR count). The quantitative estimate of drug-likeness (QED) is 0.924. The molecule has 6 heteroatoms. The van der Waals surface area contributed by atoms with Crippen LogP contribution in [0.3, 0.4) is 0 Å². The van der Waals surface area contributed by atoms with Crippen molar-refractivity contribution in [2.75, 3.05) is 18.5 Å². The van der Waals surface area contributed by atoms with Gasteiger partial charge in [0.25, 0.3) is 5.91 Å². The number of hydrogen-bond acceptors (Lipinski definition) is 5. The SMILES string of the molecule is Cc1csc(NC(=O)c2cc3c(cc2C)OCCO3)n1. The molecular formula is C14H14N2O3S. The first kappa shape index (κ1) is 12.9. The van der Waals surface area contributed by atoms with Gasteiger partial charge >= 0.3 is 0 Å². The zero-order valence-corrected chi connectivity index (χ0v) is 12.0. The minimum Gasteiger partial charge on any atom is -0.486 e. The molecule has 0 saturated heterocycles. The van der Waals surface area contributed by atoms with Crippen LogP contribution in [0.25, 0.3) is 0 Å². The van der Waals surface area contributed by atoms with E-state index in [0.717, 1.165) is 11.3 Å². The second kappa shape index (κ2) is 5.13. The van der Waals surface area contributed by atoms with Crippen molar-refractivity contribution in [3.8, 4) is 11.5 Å². The number of fused-ring (bicyclic) bond motifs is 1. The van der Waals surface area contributed by atoms with Crippen molar-refractivity contribution in [2.45, 2.75) is 13.8 Å². The van der Waals surface area contributed by atoms with Gasteiger partial charge in [-0.1, -0.05) is 0 Å². The lowest BCUT2D eigenvalue weighted by Gasteiger charge is -2.20. The number of thiazole rings is 1. The Morgan fingerprint density at radius 3 is 2.60 bits per heavy atom. The van der Waals surface area contributed by atoms with E-state index in [1.165, 1.54) is 11.3 Å². The lowest BCUT2D eigenvalue weighted by atomic mass is 10.1. The van der Waals surface area contributed by atoms with Crippen LogP contribution >= 0.6 is 11.3 Å². The van der Waals surface area contributed by atoms with Crippen LogP contribution in [0.4, 0.5) is 5.13 Å². The normalized spacial score (nSPS) is 13.1. The van der Waals surface area contributed by atoms with Gasteiger partial charge < -0.3 is 9.47 Å². The Hall–Kier alpha value is -2.08. The number of aryl methyl sites for hydroxylation is 2. The fraction of sp³-hybridized carbons (Fsp3) is 0.286. The molecule has 1 aliphatic rings. The molecule has 0 fully saturated rings. The van der Waals surface area contributed by atoms with Gasteiger partial charge in [0.1, 0.15) is 13.2 Å². The van der Waals surface area contributed by atoms with E-state index in [4.69, 9.17) is 9.47 Å². The van der Waals surface area contributed by atoms with Crippen LogP contribution in [-0.4, -0.2) is 24.1 Å². The van der Waals surface area contributed by atoms with Gasteiger partial charge in [-0.15, -0.1) is 11.3 Å². The van der Waals surface area contributed by atoms with Crippen molar-refractivity contribution in [3.63, 3.8) is 0 Å². The van der Waals surface area contributed by atoms with Gasteiger partial charge in [-0.05, 0) is 31.5 Å². The standard InChI is InChI=1S/C14H14N2O3S/c1-8-5-11-12(19-4-3-18-11)6-10(8)13(17)16-14-15-9(2)7-20-14/h5-7H,3-4H2,1-2H3,(H,15,16,17). The Kier molecular flexibility index (Phi) is 3.31. The molecule has 1 amide bonds. The fourth-order valence-electron chi connectivity index (χ4n) is 2.01. The second-order valence-electron chi connectivity index (χ2n) is 4.56. The molecule has 2 aromatic rings. The molecule has 5 nitrogen and oxygen atoms in total. The van der Waals surface area contributed by atoms with Gasteiger partial charge in [0.05, 0.1) is 5.69 Å². The summed E-state index contributed by atoms with van der Waals surface area (Å²) >= 11 is 1.41. The molecule has 104 valence electrons. The Morgan fingerprint density at radius 2 is 1.95 bits per heavy atom. The molecule has 1 aliphatic heterocycles. The number of nitrogens with zero attached hydrogens (tertiary/aromatic N) is 1. The van der Waals surface area contributed by atoms with E-state index in [1.807, 2.05) is 25.3 Å². The van der Waals surface area contributed by atoms with E-state index in [1.54, 1.807) is 6.07 Å². The summed E-state index contributed by atoms with van der Waals surface area (Å²) in [4.78, 5) is 16.5. The number of amides is 1. The average Bonchev–Trinajstić information content (AvgIpc) is 2.83. The molecule has 1 aromatic heterocycles. The lowest BCUT2D eigenvalue weighted by molar-refractivity contribution is 0.102. The summed E-state index contributed by atoms with van der Waals surface area (Å²) in [6.45, 7) is 4.81. The Balaban J connectivity index is 1.87. The molecule has 0 radical (unpaired) electrons. The van der Waals surface area contributed by atoms with Gasteiger partial charge in [-0.25, -0.2) is 4.98 Å². The topological polar surface area (TPSA) is 60.5 Å². The Morgan fingerprint density at radius 1 is 1.25 bits per heavy atom. The molecule has 0 bridgehead atoms. The summed E-state index contributed by atoms with van der Waals surface area (Å²) in [7, 11) is 0. The van der Waals surface area contributed by atoms with Crippen molar-refractivity contribution in [3.05, 3.63) is 34.3 Å². The molecule has 0 unspecified atom stereocenters. The van der Waals surface area contributed by atoms with E-state index in [-0.39, 0.29) is 5.91 Å². The minimum absolute atomic E-state index is 0.186. The predicted molar refractivity (Wildman–Crippen MR) is 77.0 cm³/mol. The lowest BCUT2D eigenvalue weighted by Crippen LogP contribution is -2.18. The van der Waals surface area contributed by atoms with Crippen LogP contribution in [0.15, 0.2) is 17.5 Å². The van der Waals surface area contributed by atoms with Gasteiger partial charge in [0, 0.05) is 10.9 Å². The summed E-state index contributed by atoms with van der Waals surface area (Å²) in [5.41, 5.74) is 2.31. The Bertz CT molecular complexity index is 666. The number of nitrogens with one attached hydrogen (secondary N) is 1. The first-order valence-electron chi connectivity index (χ1n) is 6.27. The Labute approximate surface area is 120 Å². The number of carbonyl (C=O) groups is 1. The van der Waals surface area contributed by atoms with Gasteiger partial charge in [-0.2, -0.15) is 0 Å². The number of hydrogen-bond donors (Lipinski definition) is 1. The van der Waals surface area contributed by atoms with E-state index in [0.29, 0.717) is 35.4 Å². The first-order valence-corrected chi connectivity index (χ1v) is 7.15. The van der Waals surface area contributed by atoms with Gasteiger partial charge in [0.15, 0.2) is 16.6 Å². The molecule has 0 aliphatic carbocycles. The number of carbonyl (C=O) groups excluding carboxylic acids is 1. The number of rotatable bonds is 2. The van der Waals surface area contributed by atoms with E-state index < -0.39 is 0 Å². The van der Waals surface area contributed by atoms with Crippen LogP contribution in [0.2, 0.25) is 0 Å². The van der Waals surface area contributed by atoms with E-state index in [9.17, 15) is 4.79 Å². The third-order valence-electron chi connectivity index (χ3n) is 2.97. The average molecular weight is 290 g/mol. The number of aromatic nitrogens is 1. The van der Waals surface area contributed by atoms with Crippen LogP contribution in [0.5, 0.6) is 11.5 Å². The smallest absolute Gasteiger partial charge is 0.257 e. The highest BCUT2D eigenvalue weighted by Gasteiger charge is 2.18. The van der Waals surface area contributed by atoms with Crippen molar-refractivity contribution in [1.29, 1.82) is 0 Å². The van der Waals surface area contributed by atoms with Crippen molar-refractivity contribution in [2.24, 2.45) is 0 Å². The third-order valence-corrected chi connectivity index (χ3v) is 3.85. The van der Waals surface area contributed by atoms with Crippen molar-refractivity contribution < 1.29 is 14.3 Å². The predicted octanol–water partition coefficient (Wildman–Crippen LogP) is 2.78. The maximum atomic E-state index is 12.3. The zero-order chi connectivity index (χ0) is 14.1. The molecule has 0 saturated carbocycles. The molecule has 0 spiro atoms. The highest BCUT2D eigenvalue weighted by atomic mass is 32.1. The van der Waals surface area contributed by atoms with Crippen LogP contribution < -0.4 is 14.8 Å². The number of ether oxygens (including phenoxy) is 2. The summed E-state index contributed by atoms with van der Waals surface area (Å²) in [6.07, 6.45) is 0. The highest BCUT2D eigenvalue weighted by molar-refractivity contribution is 7.13. The maximum absolute atomic E-state index is 12.3. The molecule has 20 heavy (non-hydrogen) atoms. The minimum atomic E-state index is -0.186. The summed E-state index contributed by atoms with van der Waals surface area (Å²) in [6, 6.07) is 3.55. The molecular weight excluding hydrogens is 276 g/mol. The molecule has 2 heterocycles. The van der Waals surface area contributed by atoms with E-state index in [2.05, 4.69) is 10.3 Å². The molecule has 1 N–H and O–H groups in total. The van der Waals surface area contributed by atoms with Crippen molar-refractivity contribution >= 4 is 22.4 Å². The largest absolute Gasteiger partial charge is 0.486 e. The van der Waals surface area contributed by atoms with Crippen LogP contribution in [0.1, 0.15) is 21.6 Å². The van der Waals surface area contributed by atoms with Crippen LogP contribution in [0, 0.1) is 13.8 Å².